The molecular formula is C23H38O7S. The predicted octanol–water partition coefficient (Wildman–Crippen LogP) is 3.91. The van der Waals surface area contributed by atoms with Crippen LogP contribution < -0.4 is 0 Å². The van der Waals surface area contributed by atoms with Gasteiger partial charge in [-0.25, -0.2) is 4.18 Å². The fraction of sp³-hybridized carbons (Fsp3) is 0.957. The molecule has 0 spiro atoms. The fourth-order valence-electron chi connectivity index (χ4n) is 8.42. The summed E-state index contributed by atoms with van der Waals surface area (Å²) in [6.07, 6.45) is 7.38. The Bertz CT molecular complexity index is 783. The standard InChI is InChI=1S/C23H38O7S/c1-13(3-8-21(25)26)16-6-7-18-17-5-4-14-11-15(30-31(27,28)29)9-10-23(14,2)19(17)12-20(24)22(16)18/h13-20,22,24H,3-12H2,1-2H3,(H,25,26)(H,27,28,29)/t13-,14-,15-,16-,17+,18+,19+,20+,22-,23+/m1/s1. The summed E-state index contributed by atoms with van der Waals surface area (Å²) in [7, 11) is -4.43. The minimum atomic E-state index is -4.43. The van der Waals surface area contributed by atoms with Gasteiger partial charge in [0.25, 0.3) is 0 Å². The lowest BCUT2D eigenvalue weighted by atomic mass is 9.46. The monoisotopic (exact) mass is 458 g/mol. The molecule has 0 radical (unpaired) electrons. The third kappa shape index (κ3) is 4.55. The summed E-state index contributed by atoms with van der Waals surface area (Å²) in [5, 5.41) is 20.3. The van der Waals surface area contributed by atoms with Crippen molar-refractivity contribution in [1.82, 2.24) is 0 Å². The minimum absolute atomic E-state index is 0.0704. The van der Waals surface area contributed by atoms with Gasteiger partial charge in [0.05, 0.1) is 12.2 Å². The lowest BCUT2D eigenvalue weighted by molar-refractivity contribution is -0.141. The fourth-order valence-corrected chi connectivity index (χ4v) is 8.94. The summed E-state index contributed by atoms with van der Waals surface area (Å²) < 4.78 is 36.3. The van der Waals surface area contributed by atoms with E-state index in [-0.39, 0.29) is 23.9 Å². The van der Waals surface area contributed by atoms with Gasteiger partial charge in [-0.3, -0.25) is 9.35 Å². The minimum Gasteiger partial charge on any atom is -0.481 e. The van der Waals surface area contributed by atoms with Crippen molar-refractivity contribution in [2.24, 2.45) is 46.8 Å². The van der Waals surface area contributed by atoms with Crippen molar-refractivity contribution in [2.45, 2.75) is 90.3 Å². The van der Waals surface area contributed by atoms with Crippen molar-refractivity contribution in [2.75, 3.05) is 0 Å². The lowest BCUT2D eigenvalue weighted by Gasteiger charge is -2.60. The van der Waals surface area contributed by atoms with Crippen LogP contribution in [0.4, 0.5) is 0 Å². The highest BCUT2D eigenvalue weighted by molar-refractivity contribution is 7.80. The highest BCUT2D eigenvalue weighted by Gasteiger charge is 2.59. The van der Waals surface area contributed by atoms with Crippen LogP contribution in [-0.2, 0) is 19.4 Å². The number of carbonyl (C=O) groups is 1. The van der Waals surface area contributed by atoms with Crippen molar-refractivity contribution < 1.29 is 32.2 Å². The van der Waals surface area contributed by atoms with E-state index < -0.39 is 22.5 Å². The number of fused-ring (bicyclic) bond motifs is 5. The Morgan fingerprint density at radius 2 is 1.84 bits per heavy atom. The van der Waals surface area contributed by atoms with Crippen LogP contribution in [0.25, 0.3) is 0 Å². The van der Waals surface area contributed by atoms with Crippen LogP contribution in [0.1, 0.15) is 78.1 Å². The third-order valence-corrected chi connectivity index (χ3v) is 10.3. The normalized spacial score (nSPS) is 45.9. The molecule has 0 saturated heterocycles. The Balaban J connectivity index is 1.47. The number of hydrogen-bond donors (Lipinski definition) is 3. The van der Waals surface area contributed by atoms with E-state index >= 15 is 0 Å². The largest absolute Gasteiger partial charge is 0.481 e. The molecule has 178 valence electrons. The molecule has 4 fully saturated rings. The van der Waals surface area contributed by atoms with E-state index in [0.717, 1.165) is 38.5 Å². The first-order chi connectivity index (χ1) is 14.5. The number of rotatable bonds is 6. The highest BCUT2D eigenvalue weighted by atomic mass is 32.3. The summed E-state index contributed by atoms with van der Waals surface area (Å²) in [6, 6.07) is 0. The predicted molar refractivity (Wildman–Crippen MR) is 114 cm³/mol. The van der Waals surface area contributed by atoms with Crippen molar-refractivity contribution in [1.29, 1.82) is 0 Å². The first-order valence-corrected chi connectivity index (χ1v) is 13.4. The van der Waals surface area contributed by atoms with E-state index in [4.69, 9.17) is 13.8 Å². The van der Waals surface area contributed by atoms with Crippen LogP contribution in [0.15, 0.2) is 0 Å². The number of aliphatic carboxylic acids is 1. The van der Waals surface area contributed by atoms with E-state index in [2.05, 4.69) is 13.8 Å². The summed E-state index contributed by atoms with van der Waals surface area (Å²) in [4.78, 5) is 11.0. The van der Waals surface area contributed by atoms with Gasteiger partial charge in [-0.15, -0.1) is 0 Å². The molecule has 0 unspecified atom stereocenters. The zero-order chi connectivity index (χ0) is 22.6. The number of hydrogen-bond acceptors (Lipinski definition) is 5. The maximum Gasteiger partial charge on any atom is 0.397 e. The molecule has 0 aromatic heterocycles. The quantitative estimate of drug-likeness (QED) is 0.516. The number of carboxylic acids is 1. The number of aliphatic hydroxyl groups excluding tert-OH is 1. The molecule has 7 nitrogen and oxygen atoms in total. The lowest BCUT2D eigenvalue weighted by Crippen LogP contribution is -2.55. The van der Waals surface area contributed by atoms with E-state index in [1.807, 2.05) is 0 Å². The Labute approximate surface area is 185 Å². The van der Waals surface area contributed by atoms with Gasteiger partial charge in [-0.05, 0) is 105 Å². The topological polar surface area (TPSA) is 121 Å². The maximum atomic E-state index is 11.3. The molecule has 4 saturated carbocycles. The Hall–Kier alpha value is -0.700. The molecule has 4 rings (SSSR count). The SMILES string of the molecule is C[C@H](CCC(=O)O)[C@H]1CC[C@H]2[C@@H]3CC[C@@H]4C[C@H](OS(=O)(=O)O)CC[C@]4(C)[C@H]3C[C@H](O)[C@@H]21. The summed E-state index contributed by atoms with van der Waals surface area (Å²) in [5.41, 5.74) is 0.0704. The molecule has 8 heteroatoms. The smallest absolute Gasteiger partial charge is 0.397 e. The average Bonchev–Trinajstić information content (AvgIpc) is 3.12. The van der Waals surface area contributed by atoms with Crippen molar-refractivity contribution in [3.63, 3.8) is 0 Å². The molecule has 10 atom stereocenters. The van der Waals surface area contributed by atoms with Crippen molar-refractivity contribution >= 4 is 16.4 Å². The second-order valence-electron chi connectivity index (χ2n) is 11.2. The summed E-state index contributed by atoms with van der Waals surface area (Å²) >= 11 is 0. The molecule has 3 N–H and O–H groups in total. The van der Waals surface area contributed by atoms with E-state index in [0.29, 0.717) is 54.8 Å². The maximum absolute atomic E-state index is 11.3. The van der Waals surface area contributed by atoms with Crippen LogP contribution >= 0.6 is 0 Å². The molecule has 0 amide bonds. The molecule has 0 aliphatic heterocycles. The van der Waals surface area contributed by atoms with E-state index in [9.17, 15) is 18.3 Å². The van der Waals surface area contributed by atoms with Gasteiger partial charge in [0.15, 0.2) is 0 Å². The third-order valence-electron chi connectivity index (χ3n) is 9.81. The summed E-state index contributed by atoms with van der Waals surface area (Å²) in [6.45, 7) is 4.48. The molecule has 4 aliphatic rings. The molecule has 4 aliphatic carbocycles. The van der Waals surface area contributed by atoms with Crippen molar-refractivity contribution in [3.8, 4) is 0 Å². The van der Waals surface area contributed by atoms with Crippen LogP contribution in [0.5, 0.6) is 0 Å². The average molecular weight is 459 g/mol. The van der Waals surface area contributed by atoms with Gasteiger partial charge < -0.3 is 10.2 Å². The van der Waals surface area contributed by atoms with Gasteiger partial charge in [-0.2, -0.15) is 8.42 Å². The van der Waals surface area contributed by atoms with E-state index in [1.165, 1.54) is 0 Å². The van der Waals surface area contributed by atoms with Gasteiger partial charge in [0.2, 0.25) is 0 Å². The molecule has 31 heavy (non-hydrogen) atoms. The van der Waals surface area contributed by atoms with Gasteiger partial charge in [0.1, 0.15) is 0 Å². The zero-order valence-electron chi connectivity index (χ0n) is 18.7. The molecule has 0 aromatic carbocycles. The van der Waals surface area contributed by atoms with Gasteiger partial charge >= 0.3 is 16.4 Å². The summed E-state index contributed by atoms with van der Waals surface area (Å²) in [5.74, 6) is 2.14. The second kappa shape index (κ2) is 8.58. The molecular weight excluding hydrogens is 420 g/mol. The number of carboxylic acid groups (broad SMARTS) is 1. The zero-order valence-corrected chi connectivity index (χ0v) is 19.5. The van der Waals surface area contributed by atoms with Crippen LogP contribution in [0.3, 0.4) is 0 Å². The Morgan fingerprint density at radius 3 is 2.52 bits per heavy atom. The van der Waals surface area contributed by atoms with E-state index in [1.54, 1.807) is 0 Å². The first kappa shape index (κ1) is 23.5. The second-order valence-corrected chi connectivity index (χ2v) is 12.2. The number of aliphatic hydroxyl groups is 1. The Morgan fingerprint density at radius 1 is 1.13 bits per heavy atom. The Kier molecular flexibility index (Phi) is 6.49. The van der Waals surface area contributed by atoms with Gasteiger partial charge in [0, 0.05) is 6.42 Å². The highest BCUT2D eigenvalue weighted by Crippen LogP contribution is 2.64. The molecule has 0 heterocycles. The van der Waals surface area contributed by atoms with Gasteiger partial charge in [-0.1, -0.05) is 13.8 Å². The molecule has 0 aromatic rings. The first-order valence-electron chi connectivity index (χ1n) is 12.0. The van der Waals surface area contributed by atoms with Crippen LogP contribution in [0.2, 0.25) is 0 Å². The van der Waals surface area contributed by atoms with Crippen molar-refractivity contribution in [3.05, 3.63) is 0 Å². The molecule has 0 bridgehead atoms. The van der Waals surface area contributed by atoms with Crippen LogP contribution in [0, 0.1) is 46.8 Å². The van der Waals surface area contributed by atoms with Crippen LogP contribution in [-0.4, -0.2) is 41.4 Å².